The third kappa shape index (κ3) is 2.00. The Morgan fingerprint density at radius 3 is 2.42 bits per heavy atom. The molecule has 0 saturated carbocycles. The molecule has 0 saturated heterocycles. The maximum absolute atomic E-state index is 2.39. The van der Waals surface area contributed by atoms with Crippen LogP contribution in [0.15, 0.2) is 36.4 Å². The molecule has 0 N–H and O–H groups in total. The zero-order valence-corrected chi connectivity index (χ0v) is 14.3. The van der Waals surface area contributed by atoms with Crippen molar-refractivity contribution < 1.29 is 24.0 Å². The molecule has 2 aromatic carbocycles. The van der Waals surface area contributed by atoms with Crippen molar-refractivity contribution in [1.29, 1.82) is 0 Å². The van der Waals surface area contributed by atoms with Gasteiger partial charge in [0.1, 0.15) is 5.69 Å². The summed E-state index contributed by atoms with van der Waals surface area (Å²) in [6, 6.07) is 14.1. The molecule has 0 bridgehead atoms. The number of quaternary nitrogens is 1. The third-order valence-electron chi connectivity index (χ3n) is 4.98. The van der Waals surface area contributed by atoms with E-state index in [2.05, 4.69) is 64.3 Å². The quantitative estimate of drug-likeness (QED) is 0.527. The van der Waals surface area contributed by atoms with Gasteiger partial charge < -0.3 is 24.0 Å². The van der Waals surface area contributed by atoms with Crippen LogP contribution in [0.4, 0.5) is 5.69 Å². The summed E-state index contributed by atoms with van der Waals surface area (Å²) in [5.41, 5.74) is 3.10. The van der Waals surface area contributed by atoms with Crippen molar-refractivity contribution in [3.63, 3.8) is 0 Å². The zero-order valence-electron chi connectivity index (χ0n) is 12.2. The van der Waals surface area contributed by atoms with Gasteiger partial charge in [-0.15, -0.1) is 0 Å². The molecule has 19 heavy (non-hydrogen) atoms. The Labute approximate surface area is 133 Å². The van der Waals surface area contributed by atoms with Crippen molar-refractivity contribution in [2.24, 2.45) is 0 Å². The van der Waals surface area contributed by atoms with E-state index in [1.807, 2.05) is 0 Å². The minimum atomic E-state index is 0. The molecule has 0 aliphatic carbocycles. The fraction of sp³-hybridized carbons (Fsp3) is 0.412. The number of hydrogen-bond donors (Lipinski definition) is 0. The summed E-state index contributed by atoms with van der Waals surface area (Å²) in [4.78, 5) is 0. The fourth-order valence-electron chi connectivity index (χ4n) is 3.63. The van der Waals surface area contributed by atoms with E-state index < -0.39 is 0 Å². The molecule has 0 spiro atoms. The van der Waals surface area contributed by atoms with Gasteiger partial charge >= 0.3 is 0 Å². The Bertz CT molecular complexity index is 603. The second kappa shape index (κ2) is 5.06. The van der Waals surface area contributed by atoms with Crippen LogP contribution in [0.1, 0.15) is 31.7 Å². The molecule has 2 aromatic rings. The molecular weight excluding hydrogens is 345 g/mol. The SMILES string of the molecule is CCC1c2c(ccc3ccccc23)[N+](C)(C)C1C.[I-]. The summed E-state index contributed by atoms with van der Waals surface area (Å²) in [5, 5.41) is 2.83. The molecule has 0 fully saturated rings. The van der Waals surface area contributed by atoms with Crippen molar-refractivity contribution in [1.82, 2.24) is 4.48 Å². The number of likely N-dealkylation sites (N-methyl/N-ethyl adjacent to an activating group) is 1. The Kier molecular flexibility index (Phi) is 3.94. The lowest BCUT2D eigenvalue weighted by Crippen LogP contribution is -3.00. The predicted octanol–water partition coefficient (Wildman–Crippen LogP) is 1.31. The Morgan fingerprint density at radius 1 is 1.05 bits per heavy atom. The maximum atomic E-state index is 2.39. The Balaban J connectivity index is 0.00000133. The maximum Gasteiger partial charge on any atom is 0.137 e. The van der Waals surface area contributed by atoms with Crippen LogP contribution in [0.3, 0.4) is 0 Å². The first kappa shape index (κ1) is 14.8. The van der Waals surface area contributed by atoms with Crippen LogP contribution < -0.4 is 28.5 Å². The average molecular weight is 367 g/mol. The highest BCUT2D eigenvalue weighted by Crippen LogP contribution is 2.48. The van der Waals surface area contributed by atoms with E-state index in [9.17, 15) is 0 Å². The van der Waals surface area contributed by atoms with Crippen LogP contribution in [-0.4, -0.2) is 20.1 Å². The van der Waals surface area contributed by atoms with Gasteiger partial charge in [0, 0.05) is 17.5 Å². The monoisotopic (exact) mass is 367 g/mol. The van der Waals surface area contributed by atoms with Crippen molar-refractivity contribution in [2.45, 2.75) is 32.2 Å². The van der Waals surface area contributed by atoms with E-state index in [0.29, 0.717) is 12.0 Å². The van der Waals surface area contributed by atoms with Crippen molar-refractivity contribution in [3.8, 4) is 0 Å². The lowest BCUT2D eigenvalue weighted by Gasteiger charge is -2.31. The van der Waals surface area contributed by atoms with Gasteiger partial charge in [0.15, 0.2) is 0 Å². The molecule has 2 heteroatoms. The number of benzene rings is 2. The molecule has 1 heterocycles. The van der Waals surface area contributed by atoms with Crippen LogP contribution in [0.2, 0.25) is 0 Å². The largest absolute Gasteiger partial charge is 1.00 e. The van der Waals surface area contributed by atoms with Crippen molar-refractivity contribution >= 4 is 16.5 Å². The second-order valence-electron chi connectivity index (χ2n) is 6.01. The molecule has 102 valence electrons. The van der Waals surface area contributed by atoms with E-state index in [4.69, 9.17) is 0 Å². The van der Waals surface area contributed by atoms with Gasteiger partial charge in [-0.2, -0.15) is 0 Å². The van der Waals surface area contributed by atoms with Crippen LogP contribution in [0.25, 0.3) is 10.8 Å². The van der Waals surface area contributed by atoms with Gasteiger partial charge in [-0.1, -0.05) is 31.2 Å². The third-order valence-corrected chi connectivity index (χ3v) is 4.98. The number of nitrogens with zero attached hydrogens (tertiary/aromatic N) is 1. The van der Waals surface area contributed by atoms with Crippen molar-refractivity contribution in [2.75, 3.05) is 14.1 Å². The standard InChI is InChI=1S/C17H22N.HI/c1-5-14-12(2)18(3,4)16-11-10-13-8-6-7-9-15(13)17(14)16;/h6-12,14H,5H2,1-4H3;1H/q+1;/p-1. The lowest BCUT2D eigenvalue weighted by atomic mass is 9.89. The number of rotatable bonds is 1. The van der Waals surface area contributed by atoms with Gasteiger partial charge in [0.05, 0.1) is 20.1 Å². The summed E-state index contributed by atoms with van der Waals surface area (Å²) >= 11 is 0. The van der Waals surface area contributed by atoms with E-state index in [1.54, 1.807) is 5.56 Å². The molecule has 1 nitrogen and oxygen atoms in total. The van der Waals surface area contributed by atoms with E-state index in [1.165, 1.54) is 22.9 Å². The molecule has 3 rings (SSSR count). The van der Waals surface area contributed by atoms with Gasteiger partial charge in [-0.25, -0.2) is 0 Å². The van der Waals surface area contributed by atoms with Crippen LogP contribution >= 0.6 is 0 Å². The second-order valence-corrected chi connectivity index (χ2v) is 6.01. The molecule has 1 aliphatic heterocycles. The highest BCUT2D eigenvalue weighted by atomic mass is 127. The van der Waals surface area contributed by atoms with Crippen molar-refractivity contribution in [3.05, 3.63) is 42.0 Å². The number of hydrogen-bond acceptors (Lipinski definition) is 0. The lowest BCUT2D eigenvalue weighted by molar-refractivity contribution is -0.00000378. The smallest absolute Gasteiger partial charge is 0.137 e. The first-order valence-electron chi connectivity index (χ1n) is 6.93. The first-order chi connectivity index (χ1) is 8.57. The zero-order chi connectivity index (χ0) is 12.9. The molecule has 2 atom stereocenters. The highest BCUT2D eigenvalue weighted by molar-refractivity contribution is 5.91. The van der Waals surface area contributed by atoms with E-state index in [0.717, 1.165) is 4.48 Å². The van der Waals surface area contributed by atoms with Gasteiger partial charge in [-0.3, -0.25) is 4.48 Å². The molecule has 0 radical (unpaired) electrons. The molecule has 0 aromatic heterocycles. The number of fused-ring (bicyclic) bond motifs is 3. The van der Waals surface area contributed by atoms with Crippen LogP contribution in [-0.2, 0) is 0 Å². The van der Waals surface area contributed by atoms with Gasteiger partial charge in [-0.05, 0) is 30.2 Å². The first-order valence-corrected chi connectivity index (χ1v) is 6.93. The normalized spacial score (nSPS) is 24.0. The summed E-state index contributed by atoms with van der Waals surface area (Å²) in [5.74, 6) is 0.682. The topological polar surface area (TPSA) is 0 Å². The fourth-order valence-corrected chi connectivity index (χ4v) is 3.63. The number of halogens is 1. The summed E-state index contributed by atoms with van der Waals surface area (Å²) in [7, 11) is 4.68. The van der Waals surface area contributed by atoms with Crippen LogP contribution in [0.5, 0.6) is 0 Å². The molecular formula is C17H22IN. The summed E-state index contributed by atoms with van der Waals surface area (Å²) in [6.07, 6.45) is 1.23. The minimum absolute atomic E-state index is 0. The van der Waals surface area contributed by atoms with E-state index >= 15 is 0 Å². The van der Waals surface area contributed by atoms with Gasteiger partial charge in [0.25, 0.3) is 0 Å². The highest BCUT2D eigenvalue weighted by Gasteiger charge is 2.44. The van der Waals surface area contributed by atoms with Gasteiger partial charge in [0.2, 0.25) is 0 Å². The molecule has 0 amide bonds. The predicted molar refractivity (Wildman–Crippen MR) is 80.1 cm³/mol. The molecule has 2 unspecified atom stereocenters. The minimum Gasteiger partial charge on any atom is -1.00 e. The summed E-state index contributed by atoms with van der Waals surface area (Å²) < 4.78 is 1.01. The molecule has 1 aliphatic rings. The van der Waals surface area contributed by atoms with E-state index in [-0.39, 0.29) is 24.0 Å². The Hall–Kier alpha value is -0.610. The van der Waals surface area contributed by atoms with Crippen LogP contribution in [0, 0.1) is 0 Å². The Morgan fingerprint density at radius 2 is 1.74 bits per heavy atom. The average Bonchev–Trinajstić information content (AvgIpc) is 2.58. The summed E-state index contributed by atoms with van der Waals surface area (Å²) in [6.45, 7) is 4.71.